The Bertz CT molecular complexity index is 878. The quantitative estimate of drug-likeness (QED) is 0.535. The zero-order chi connectivity index (χ0) is 18.5. The van der Waals surface area contributed by atoms with Crippen LogP contribution in [-0.4, -0.2) is 35.9 Å². The number of carbonyl (C=O) groups is 1. The molecule has 4 nitrogen and oxygen atoms in total. The number of hydrogen-bond donors (Lipinski definition) is 0. The van der Waals surface area contributed by atoms with Crippen LogP contribution in [-0.2, 0) is 4.79 Å². The van der Waals surface area contributed by atoms with Gasteiger partial charge in [0.15, 0.2) is 5.17 Å². The molecule has 0 atom stereocenters. The Labute approximate surface area is 162 Å². The molecule has 0 radical (unpaired) electrons. The Hall–Kier alpha value is -2.18. The number of para-hydroxylation sites is 1. The van der Waals surface area contributed by atoms with Gasteiger partial charge in [0.05, 0.1) is 17.2 Å². The van der Waals surface area contributed by atoms with Crippen molar-refractivity contribution in [1.82, 2.24) is 4.90 Å². The molecule has 134 valence electrons. The fraction of sp³-hybridized carbons (Fsp3) is 0.200. The van der Waals surface area contributed by atoms with Gasteiger partial charge in [-0.2, -0.15) is 0 Å². The molecule has 0 bridgehead atoms. The van der Waals surface area contributed by atoms with E-state index < -0.39 is 0 Å². The third-order valence-corrected chi connectivity index (χ3v) is 5.57. The number of aliphatic imine (C=N–C) groups is 1. The minimum Gasteiger partial charge on any atom is -0.493 e. The van der Waals surface area contributed by atoms with Crippen LogP contribution in [0, 0.1) is 0 Å². The number of rotatable bonds is 5. The minimum atomic E-state index is -0.0546. The summed E-state index contributed by atoms with van der Waals surface area (Å²) in [5, 5.41) is 0.674. The topological polar surface area (TPSA) is 41.9 Å². The third kappa shape index (κ3) is 4.14. The number of ether oxygens (including phenoxy) is 1. The van der Waals surface area contributed by atoms with Crippen LogP contribution in [0.15, 0.2) is 63.3 Å². The summed E-state index contributed by atoms with van der Waals surface area (Å²) in [6.45, 7) is 2.53. The van der Waals surface area contributed by atoms with Crippen molar-refractivity contribution in [3.8, 4) is 5.75 Å². The predicted octanol–water partition coefficient (Wildman–Crippen LogP) is 5.04. The molecule has 2 aromatic rings. The maximum absolute atomic E-state index is 12.6. The van der Waals surface area contributed by atoms with Crippen LogP contribution in [0.5, 0.6) is 5.75 Å². The van der Waals surface area contributed by atoms with Crippen LogP contribution in [0.3, 0.4) is 0 Å². The van der Waals surface area contributed by atoms with E-state index in [4.69, 9.17) is 4.74 Å². The highest BCUT2D eigenvalue weighted by Gasteiger charge is 2.30. The maximum Gasteiger partial charge on any atom is 0.266 e. The summed E-state index contributed by atoms with van der Waals surface area (Å²) in [5.74, 6) is 0.720. The monoisotopic (exact) mass is 384 g/mol. The van der Waals surface area contributed by atoms with Crippen LogP contribution in [0.25, 0.3) is 6.08 Å². The molecule has 0 saturated carbocycles. The summed E-state index contributed by atoms with van der Waals surface area (Å²) >= 11 is 3.05. The summed E-state index contributed by atoms with van der Waals surface area (Å²) in [4.78, 5) is 20.6. The molecule has 26 heavy (non-hydrogen) atoms. The van der Waals surface area contributed by atoms with E-state index in [-0.39, 0.29) is 5.91 Å². The zero-order valence-corrected chi connectivity index (χ0v) is 16.6. The van der Waals surface area contributed by atoms with E-state index in [0.717, 1.165) is 21.9 Å². The second kappa shape index (κ2) is 8.47. The van der Waals surface area contributed by atoms with E-state index in [1.807, 2.05) is 67.8 Å². The lowest BCUT2D eigenvalue weighted by Gasteiger charge is -2.08. The fourth-order valence-corrected chi connectivity index (χ4v) is 3.90. The fourth-order valence-electron chi connectivity index (χ4n) is 2.47. The highest BCUT2D eigenvalue weighted by molar-refractivity contribution is 8.18. The van der Waals surface area contributed by atoms with Gasteiger partial charge in [0.25, 0.3) is 5.91 Å². The van der Waals surface area contributed by atoms with Gasteiger partial charge in [0.1, 0.15) is 5.75 Å². The van der Waals surface area contributed by atoms with E-state index in [9.17, 15) is 4.79 Å². The molecule has 1 amide bonds. The van der Waals surface area contributed by atoms with Crippen molar-refractivity contribution >= 4 is 46.4 Å². The molecule has 6 heteroatoms. The van der Waals surface area contributed by atoms with Crippen LogP contribution in [0.2, 0.25) is 0 Å². The molecule has 1 aliphatic rings. The van der Waals surface area contributed by atoms with Crippen molar-refractivity contribution in [2.24, 2.45) is 4.99 Å². The maximum atomic E-state index is 12.6. The molecule has 1 saturated heterocycles. The summed E-state index contributed by atoms with van der Waals surface area (Å²) < 4.78 is 5.65. The molecule has 1 fully saturated rings. The van der Waals surface area contributed by atoms with Crippen molar-refractivity contribution < 1.29 is 9.53 Å². The van der Waals surface area contributed by atoms with E-state index in [1.54, 1.807) is 23.7 Å². The van der Waals surface area contributed by atoms with Crippen LogP contribution >= 0.6 is 23.5 Å². The Kier molecular flexibility index (Phi) is 6.06. The molecular formula is C20H20N2O2S2. The van der Waals surface area contributed by atoms with Crippen LogP contribution in [0.4, 0.5) is 5.69 Å². The minimum absolute atomic E-state index is 0.0546. The SMILES string of the molecule is CCOc1ccccc1/C=C1/SC(=Nc2cccc(SC)c2)N(C)C1=O. The van der Waals surface area contributed by atoms with Gasteiger partial charge in [-0.15, -0.1) is 11.8 Å². The number of carbonyl (C=O) groups excluding carboxylic acids is 1. The number of likely N-dealkylation sites (N-methyl/N-ethyl adjacent to an activating group) is 1. The first-order valence-electron chi connectivity index (χ1n) is 8.24. The van der Waals surface area contributed by atoms with Gasteiger partial charge in [-0.05, 0) is 55.3 Å². The Balaban J connectivity index is 1.90. The second-order valence-electron chi connectivity index (χ2n) is 5.54. The number of hydrogen-bond acceptors (Lipinski definition) is 5. The average molecular weight is 385 g/mol. The van der Waals surface area contributed by atoms with Gasteiger partial charge >= 0.3 is 0 Å². The van der Waals surface area contributed by atoms with Crippen molar-refractivity contribution in [1.29, 1.82) is 0 Å². The number of amidine groups is 1. The summed E-state index contributed by atoms with van der Waals surface area (Å²) in [5.41, 5.74) is 1.74. The molecule has 0 N–H and O–H groups in total. The molecule has 0 unspecified atom stereocenters. The van der Waals surface area contributed by atoms with E-state index in [1.165, 1.54) is 11.8 Å². The van der Waals surface area contributed by atoms with Crippen molar-refractivity contribution in [2.75, 3.05) is 19.9 Å². The van der Waals surface area contributed by atoms with Gasteiger partial charge in [0, 0.05) is 17.5 Å². The first kappa shape index (κ1) is 18.6. The molecule has 2 aromatic carbocycles. The van der Waals surface area contributed by atoms with Crippen molar-refractivity contribution in [2.45, 2.75) is 11.8 Å². The first-order chi connectivity index (χ1) is 12.6. The Morgan fingerprint density at radius 2 is 2.04 bits per heavy atom. The molecule has 1 aliphatic heterocycles. The number of thioether (sulfide) groups is 2. The van der Waals surface area contributed by atoms with Gasteiger partial charge in [0.2, 0.25) is 0 Å². The summed E-state index contributed by atoms with van der Waals surface area (Å²) in [6, 6.07) is 15.7. The van der Waals surface area contributed by atoms with Gasteiger partial charge in [-0.25, -0.2) is 4.99 Å². The smallest absolute Gasteiger partial charge is 0.266 e. The van der Waals surface area contributed by atoms with E-state index in [0.29, 0.717) is 16.7 Å². The largest absolute Gasteiger partial charge is 0.493 e. The second-order valence-corrected chi connectivity index (χ2v) is 7.43. The summed E-state index contributed by atoms with van der Waals surface area (Å²) in [7, 11) is 1.75. The average Bonchev–Trinajstić information content (AvgIpc) is 2.91. The van der Waals surface area contributed by atoms with Gasteiger partial charge in [-0.1, -0.05) is 24.3 Å². The first-order valence-corrected chi connectivity index (χ1v) is 10.3. The highest BCUT2D eigenvalue weighted by atomic mass is 32.2. The lowest BCUT2D eigenvalue weighted by molar-refractivity contribution is -0.121. The van der Waals surface area contributed by atoms with E-state index >= 15 is 0 Å². The molecule has 0 aromatic heterocycles. The Morgan fingerprint density at radius 3 is 2.81 bits per heavy atom. The van der Waals surface area contributed by atoms with Crippen LogP contribution in [0.1, 0.15) is 12.5 Å². The normalized spacial score (nSPS) is 17.3. The zero-order valence-electron chi connectivity index (χ0n) is 14.9. The van der Waals surface area contributed by atoms with Crippen LogP contribution < -0.4 is 4.74 Å². The number of amides is 1. The van der Waals surface area contributed by atoms with Crippen molar-refractivity contribution in [3.63, 3.8) is 0 Å². The molecule has 3 rings (SSSR count). The summed E-state index contributed by atoms with van der Waals surface area (Å²) in [6.07, 6.45) is 3.90. The standard InChI is InChI=1S/C20H20N2O2S2/c1-4-24-17-11-6-5-8-14(17)12-18-19(23)22(2)20(26-18)21-15-9-7-10-16(13-15)25-3/h5-13H,4H2,1-3H3/b18-12+,21-20?. The third-order valence-electron chi connectivity index (χ3n) is 3.79. The van der Waals surface area contributed by atoms with Crippen molar-refractivity contribution in [3.05, 3.63) is 59.0 Å². The van der Waals surface area contributed by atoms with Gasteiger partial charge in [-0.3, -0.25) is 9.69 Å². The molecular weight excluding hydrogens is 364 g/mol. The molecule has 0 aliphatic carbocycles. The highest BCUT2D eigenvalue weighted by Crippen LogP contribution is 2.35. The number of benzene rings is 2. The van der Waals surface area contributed by atoms with Gasteiger partial charge < -0.3 is 4.74 Å². The molecule has 1 heterocycles. The lowest BCUT2D eigenvalue weighted by atomic mass is 10.2. The predicted molar refractivity (Wildman–Crippen MR) is 111 cm³/mol. The van der Waals surface area contributed by atoms with E-state index in [2.05, 4.69) is 4.99 Å². The number of nitrogens with zero attached hydrogens (tertiary/aromatic N) is 2. The Morgan fingerprint density at radius 1 is 1.23 bits per heavy atom. The lowest BCUT2D eigenvalue weighted by Crippen LogP contribution is -2.23. The molecule has 0 spiro atoms.